The van der Waals surface area contributed by atoms with Crippen LogP contribution in [0.3, 0.4) is 0 Å². The molecule has 0 radical (unpaired) electrons. The van der Waals surface area contributed by atoms with Crippen molar-refractivity contribution in [2.75, 3.05) is 13.1 Å². The molecule has 4 amide bonds. The summed E-state index contributed by atoms with van der Waals surface area (Å²) in [7, 11) is 0. The van der Waals surface area contributed by atoms with Crippen LogP contribution in [0, 0.1) is 6.92 Å². The number of hydrogen-bond donors (Lipinski definition) is 8. The van der Waals surface area contributed by atoms with E-state index in [1.807, 2.05) is 12.2 Å². The first-order valence-electron chi connectivity index (χ1n) is 16.8. The van der Waals surface area contributed by atoms with Crippen LogP contribution in [0.25, 0.3) is 0 Å². The molecule has 0 spiro atoms. The molecule has 18 nitrogen and oxygen atoms in total. The molecule has 0 aliphatic heterocycles. The lowest BCUT2D eigenvalue weighted by Crippen LogP contribution is -2.43. The number of nitrogens with one attached hydrogen (secondary N) is 4. The Morgan fingerprint density at radius 2 is 1.24 bits per heavy atom. The lowest BCUT2D eigenvalue weighted by molar-refractivity contribution is -0.147. The van der Waals surface area contributed by atoms with Crippen LogP contribution in [0.4, 0.5) is 4.79 Å². The minimum absolute atomic E-state index is 0.0981. The van der Waals surface area contributed by atoms with E-state index in [2.05, 4.69) is 20.9 Å². The highest BCUT2D eigenvalue weighted by molar-refractivity contribution is 5.94. The highest BCUT2D eigenvalue weighted by Gasteiger charge is 2.26. The van der Waals surface area contributed by atoms with Gasteiger partial charge in [0.25, 0.3) is 5.91 Å². The van der Waals surface area contributed by atoms with Crippen LogP contribution in [0.15, 0.2) is 18.5 Å². The van der Waals surface area contributed by atoms with Crippen LogP contribution >= 0.6 is 0 Å². The van der Waals surface area contributed by atoms with Gasteiger partial charge in [-0.3, -0.25) is 24.2 Å². The Hall–Kier alpha value is -5.29. The van der Waals surface area contributed by atoms with Crippen molar-refractivity contribution >= 4 is 47.7 Å². The molecule has 1 aromatic rings. The van der Waals surface area contributed by atoms with Crippen LogP contribution in [0.2, 0.25) is 0 Å². The van der Waals surface area contributed by atoms with Crippen LogP contribution < -0.4 is 21.3 Å². The van der Waals surface area contributed by atoms with Gasteiger partial charge in [-0.1, -0.05) is 12.8 Å². The topological polar surface area (TPSA) is 288 Å². The molecule has 0 saturated heterocycles. The summed E-state index contributed by atoms with van der Waals surface area (Å²) in [6.45, 7) is 2.43. The Morgan fingerprint density at radius 1 is 0.647 bits per heavy atom. The van der Waals surface area contributed by atoms with Crippen molar-refractivity contribution in [3.8, 4) is 0 Å². The summed E-state index contributed by atoms with van der Waals surface area (Å²) in [6, 6.07) is -0.878. The smallest absolute Gasteiger partial charge is 0.408 e. The van der Waals surface area contributed by atoms with Crippen molar-refractivity contribution in [3.05, 3.63) is 29.6 Å². The Bertz CT molecular complexity index is 1340. The van der Waals surface area contributed by atoms with Gasteiger partial charge in [-0.2, -0.15) is 0 Å². The molecule has 1 unspecified atom stereocenters. The van der Waals surface area contributed by atoms with Gasteiger partial charge in [0.1, 0.15) is 12.1 Å². The van der Waals surface area contributed by atoms with Crippen LogP contribution in [0.5, 0.6) is 0 Å². The average Bonchev–Trinajstić information content (AvgIpc) is 3.06. The summed E-state index contributed by atoms with van der Waals surface area (Å²) in [5, 5.41) is 46.5. The average molecular weight is 724 g/mol. The molecule has 0 aliphatic rings. The first kappa shape index (κ1) is 43.7. The van der Waals surface area contributed by atoms with Crippen LogP contribution in [0.1, 0.15) is 106 Å². The lowest BCUT2D eigenvalue weighted by Gasteiger charge is -2.17. The summed E-state index contributed by atoms with van der Waals surface area (Å²) in [5.74, 6) is -6.19. The van der Waals surface area contributed by atoms with E-state index in [0.29, 0.717) is 57.1 Å². The van der Waals surface area contributed by atoms with Gasteiger partial charge in [-0.05, 0) is 76.3 Å². The highest BCUT2D eigenvalue weighted by atomic mass is 16.6. The minimum Gasteiger partial charge on any atom is -0.481 e. The first-order chi connectivity index (χ1) is 24.2. The Balaban J connectivity index is 2.17. The van der Waals surface area contributed by atoms with Gasteiger partial charge < -0.3 is 46.4 Å². The number of rotatable bonds is 27. The molecular weight excluding hydrogens is 674 g/mol. The molecule has 1 rings (SSSR count). The van der Waals surface area contributed by atoms with Crippen molar-refractivity contribution in [2.45, 2.75) is 115 Å². The maximum Gasteiger partial charge on any atom is 0.408 e. The molecule has 8 N–H and O–H groups in total. The molecule has 284 valence electrons. The van der Waals surface area contributed by atoms with Crippen LogP contribution in [-0.4, -0.2) is 104 Å². The third kappa shape index (κ3) is 20.7. The number of aryl methyl sites for hydroxylation is 1. The molecule has 18 heteroatoms. The Morgan fingerprint density at radius 3 is 1.82 bits per heavy atom. The van der Waals surface area contributed by atoms with Crippen molar-refractivity contribution in [1.29, 1.82) is 0 Å². The van der Waals surface area contributed by atoms with Gasteiger partial charge in [-0.25, -0.2) is 19.2 Å². The second kappa shape index (κ2) is 24.8. The molecule has 1 aromatic heterocycles. The summed E-state index contributed by atoms with van der Waals surface area (Å²) >= 11 is 0. The zero-order chi connectivity index (χ0) is 38.2. The number of aliphatic carboxylic acids is 4. The largest absolute Gasteiger partial charge is 0.481 e. The fourth-order valence-corrected chi connectivity index (χ4v) is 4.74. The number of aromatic nitrogens is 1. The van der Waals surface area contributed by atoms with Crippen LogP contribution in [-0.2, 0) is 33.5 Å². The molecule has 0 aliphatic carbocycles. The molecular formula is C33H49N5O13. The summed E-state index contributed by atoms with van der Waals surface area (Å²) in [5.41, 5.74) is 1.31. The van der Waals surface area contributed by atoms with Gasteiger partial charge in [-0.15, -0.1) is 0 Å². The van der Waals surface area contributed by atoms with Crippen molar-refractivity contribution in [2.24, 2.45) is 0 Å². The highest BCUT2D eigenvalue weighted by Crippen LogP contribution is 2.10. The SMILES string of the molecule is Cc1cncc(C(=O)NCCCCC(NC(=O)CCCCCCC(=O)NCCCC[C@H](OC(=O)N[C@@H](CCC(=O)O)C(=O)O)C(=O)O)C(=O)O)c1. The predicted octanol–water partition coefficient (Wildman–Crippen LogP) is 1.98. The summed E-state index contributed by atoms with van der Waals surface area (Å²) in [4.78, 5) is 97.3. The van der Waals surface area contributed by atoms with E-state index in [0.717, 1.165) is 5.56 Å². The maximum atomic E-state index is 12.3. The zero-order valence-corrected chi connectivity index (χ0v) is 28.7. The molecule has 0 fully saturated rings. The molecule has 3 atom stereocenters. The number of amides is 4. The number of hydrogen-bond acceptors (Lipinski definition) is 10. The van der Waals surface area contributed by atoms with E-state index in [1.165, 1.54) is 6.20 Å². The van der Waals surface area contributed by atoms with E-state index >= 15 is 0 Å². The Labute approximate surface area is 295 Å². The van der Waals surface area contributed by atoms with E-state index in [1.54, 1.807) is 12.3 Å². The summed E-state index contributed by atoms with van der Waals surface area (Å²) in [6.07, 6.45) is 3.88. The molecule has 1 heterocycles. The fraction of sp³-hybridized carbons (Fsp3) is 0.606. The molecule has 51 heavy (non-hydrogen) atoms. The standard InChI is InChI=1S/C33H49N5O13/c1-21-18-22(20-34-19-21)29(43)36-17-8-6-10-23(30(44)45)37-27(40)13-5-3-2-4-12-26(39)35-16-9-7-11-25(32(48)49)51-33(50)38-24(31(46)47)14-15-28(41)42/h18-20,23-25H,2-17H2,1H3,(H,35,39)(H,36,43)(H,37,40)(H,38,50)(H,41,42)(H,44,45)(H,46,47)(H,48,49)/t23?,24-,25-/m0/s1. The second-order valence-corrected chi connectivity index (χ2v) is 11.9. The molecule has 0 bridgehead atoms. The predicted molar refractivity (Wildman–Crippen MR) is 179 cm³/mol. The minimum atomic E-state index is -1.57. The monoisotopic (exact) mass is 723 g/mol. The van der Waals surface area contributed by atoms with E-state index in [-0.39, 0.29) is 56.4 Å². The molecule has 0 aromatic carbocycles. The van der Waals surface area contributed by atoms with Gasteiger partial charge in [0.15, 0.2) is 0 Å². The number of ether oxygens (including phenoxy) is 1. The van der Waals surface area contributed by atoms with Crippen molar-refractivity contribution in [1.82, 2.24) is 26.3 Å². The number of carboxylic acid groups (broad SMARTS) is 4. The second-order valence-electron chi connectivity index (χ2n) is 11.9. The number of alkyl carbamates (subject to hydrolysis) is 1. The third-order valence-electron chi connectivity index (χ3n) is 7.51. The van der Waals surface area contributed by atoms with Crippen molar-refractivity contribution < 1.29 is 63.5 Å². The number of pyridine rings is 1. The normalized spacial score (nSPS) is 12.4. The number of unbranched alkanes of at least 4 members (excludes halogenated alkanes) is 5. The van der Waals surface area contributed by atoms with Gasteiger partial charge in [0.05, 0.1) is 5.56 Å². The first-order valence-corrected chi connectivity index (χ1v) is 16.8. The number of nitrogens with zero attached hydrogens (tertiary/aromatic N) is 1. The van der Waals surface area contributed by atoms with E-state index < -0.39 is 61.0 Å². The Kier molecular flexibility index (Phi) is 21.3. The van der Waals surface area contributed by atoms with Crippen molar-refractivity contribution in [3.63, 3.8) is 0 Å². The lowest BCUT2D eigenvalue weighted by atomic mass is 10.1. The maximum absolute atomic E-state index is 12.3. The fourth-order valence-electron chi connectivity index (χ4n) is 4.74. The van der Waals surface area contributed by atoms with E-state index in [4.69, 9.17) is 14.9 Å². The number of carboxylic acids is 4. The summed E-state index contributed by atoms with van der Waals surface area (Å²) < 4.78 is 4.79. The van der Waals surface area contributed by atoms with E-state index in [9.17, 15) is 48.6 Å². The number of carbonyl (C=O) groups is 8. The van der Waals surface area contributed by atoms with Gasteiger partial charge >= 0.3 is 30.0 Å². The number of carbonyl (C=O) groups excluding carboxylic acids is 4. The quantitative estimate of drug-likeness (QED) is 0.0603. The molecule has 0 saturated carbocycles. The van der Waals surface area contributed by atoms with Gasteiger partial charge in [0.2, 0.25) is 17.9 Å². The third-order valence-corrected chi connectivity index (χ3v) is 7.51. The van der Waals surface area contributed by atoms with Gasteiger partial charge in [0, 0.05) is 44.7 Å². The zero-order valence-electron chi connectivity index (χ0n) is 28.7.